The summed E-state index contributed by atoms with van der Waals surface area (Å²) in [7, 11) is 0. The third-order valence-electron chi connectivity index (χ3n) is 3.43. The second-order valence-corrected chi connectivity index (χ2v) is 4.85. The number of alkyl halides is 2. The van der Waals surface area contributed by atoms with Gasteiger partial charge >= 0.3 is 0 Å². The monoisotopic (exact) mass is 259 g/mol. The molecule has 0 spiro atoms. The number of halogens is 2. The number of nitrogens with zero attached hydrogens (tertiary/aromatic N) is 2. The van der Waals surface area contributed by atoms with Crippen molar-refractivity contribution >= 4 is 0 Å². The Morgan fingerprint density at radius 2 is 2.28 bits per heavy atom. The van der Waals surface area contributed by atoms with Crippen molar-refractivity contribution in [3.8, 4) is 0 Å². The fourth-order valence-corrected chi connectivity index (χ4v) is 2.44. The van der Waals surface area contributed by atoms with Crippen LogP contribution in [0.2, 0.25) is 0 Å². The molecule has 0 amide bonds. The van der Waals surface area contributed by atoms with Gasteiger partial charge in [-0.25, -0.2) is 8.78 Å². The van der Waals surface area contributed by atoms with Crippen LogP contribution in [0.1, 0.15) is 43.0 Å². The summed E-state index contributed by atoms with van der Waals surface area (Å²) in [5, 5.41) is 6.99. The lowest BCUT2D eigenvalue weighted by molar-refractivity contribution is 0.00689. The van der Waals surface area contributed by atoms with E-state index < -0.39 is 5.92 Å². The Morgan fingerprint density at radius 3 is 2.94 bits per heavy atom. The first kappa shape index (κ1) is 12.0. The summed E-state index contributed by atoms with van der Waals surface area (Å²) in [5.41, 5.74) is 0. The van der Waals surface area contributed by atoms with Crippen LogP contribution in [-0.2, 0) is 4.74 Å². The van der Waals surface area contributed by atoms with Crippen LogP contribution in [0, 0.1) is 0 Å². The molecule has 0 radical (unpaired) electrons. The molecule has 3 rings (SSSR count). The summed E-state index contributed by atoms with van der Waals surface area (Å²) in [5.74, 6) is -2.15. The average molecular weight is 259 g/mol. The van der Waals surface area contributed by atoms with E-state index in [2.05, 4.69) is 15.5 Å². The Morgan fingerprint density at radius 1 is 1.39 bits per heavy atom. The zero-order valence-electron chi connectivity index (χ0n) is 9.86. The molecule has 2 fully saturated rings. The molecule has 1 aromatic heterocycles. The number of rotatable bonds is 2. The van der Waals surface area contributed by atoms with Crippen molar-refractivity contribution < 1.29 is 18.0 Å². The molecule has 1 aliphatic carbocycles. The molecule has 1 N–H and O–H groups in total. The van der Waals surface area contributed by atoms with Gasteiger partial charge in [0.15, 0.2) is 0 Å². The van der Waals surface area contributed by atoms with Gasteiger partial charge in [0.05, 0.1) is 6.61 Å². The highest BCUT2D eigenvalue weighted by molar-refractivity contribution is 5.02. The molecular weight excluding hydrogens is 244 g/mol. The summed E-state index contributed by atoms with van der Waals surface area (Å²) < 4.78 is 36.8. The molecule has 1 aliphatic heterocycles. The minimum absolute atomic E-state index is 0.100. The quantitative estimate of drug-likeness (QED) is 0.874. The van der Waals surface area contributed by atoms with E-state index >= 15 is 0 Å². The van der Waals surface area contributed by atoms with E-state index in [0.29, 0.717) is 31.3 Å². The molecule has 2 atom stereocenters. The first-order valence-electron chi connectivity index (χ1n) is 6.18. The molecule has 5 nitrogen and oxygen atoms in total. The molecule has 2 heterocycles. The maximum absolute atomic E-state index is 13.1. The molecule has 2 aliphatic rings. The number of aromatic nitrogens is 2. The fraction of sp³-hybridized carbons (Fsp3) is 0.818. The molecule has 2 unspecified atom stereocenters. The van der Waals surface area contributed by atoms with Gasteiger partial charge < -0.3 is 14.6 Å². The Labute approximate surface area is 103 Å². The summed E-state index contributed by atoms with van der Waals surface area (Å²) in [6, 6.07) is 0. The first-order chi connectivity index (χ1) is 8.64. The lowest BCUT2D eigenvalue weighted by atomic mass is 10.1. The van der Waals surface area contributed by atoms with Gasteiger partial charge in [-0.3, -0.25) is 0 Å². The highest BCUT2D eigenvalue weighted by Gasteiger charge is 2.42. The standard InChI is InChI=1S/C11H15F2N3O2/c12-11(13)2-1-7(5-11)10-15-9(16-18-10)8-6-14-3-4-17-8/h7-8,14H,1-6H2. The molecule has 1 saturated carbocycles. The third kappa shape index (κ3) is 2.37. The predicted octanol–water partition coefficient (Wildman–Crippen LogP) is 1.63. The van der Waals surface area contributed by atoms with Gasteiger partial charge in [0, 0.05) is 31.8 Å². The maximum Gasteiger partial charge on any atom is 0.248 e. The van der Waals surface area contributed by atoms with E-state index in [0.717, 1.165) is 6.54 Å². The second kappa shape index (κ2) is 4.55. The Bertz CT molecular complexity index is 418. The number of hydrogen-bond acceptors (Lipinski definition) is 5. The molecule has 1 aromatic rings. The van der Waals surface area contributed by atoms with E-state index in [1.807, 2.05) is 0 Å². The first-order valence-corrected chi connectivity index (χ1v) is 6.18. The van der Waals surface area contributed by atoms with Crippen molar-refractivity contribution in [1.29, 1.82) is 0 Å². The maximum atomic E-state index is 13.1. The summed E-state index contributed by atoms with van der Waals surface area (Å²) >= 11 is 0. The van der Waals surface area contributed by atoms with Crippen molar-refractivity contribution in [3.63, 3.8) is 0 Å². The highest BCUT2D eigenvalue weighted by Crippen LogP contribution is 2.43. The molecular formula is C11H15F2N3O2. The van der Waals surface area contributed by atoms with E-state index in [1.165, 1.54) is 0 Å². The Kier molecular flexibility index (Phi) is 3.03. The molecule has 0 bridgehead atoms. The van der Waals surface area contributed by atoms with Gasteiger partial charge in [0.25, 0.3) is 0 Å². The number of ether oxygens (including phenoxy) is 1. The van der Waals surface area contributed by atoms with Gasteiger partial charge in [-0.15, -0.1) is 0 Å². The van der Waals surface area contributed by atoms with Gasteiger partial charge in [0.2, 0.25) is 17.6 Å². The van der Waals surface area contributed by atoms with Crippen LogP contribution in [0.4, 0.5) is 8.78 Å². The van der Waals surface area contributed by atoms with E-state index in [4.69, 9.17) is 9.26 Å². The zero-order chi connectivity index (χ0) is 12.6. The Hall–Kier alpha value is -1.08. The molecule has 1 saturated heterocycles. The van der Waals surface area contributed by atoms with E-state index in [-0.39, 0.29) is 24.9 Å². The third-order valence-corrected chi connectivity index (χ3v) is 3.43. The van der Waals surface area contributed by atoms with Gasteiger partial charge in [-0.2, -0.15) is 4.98 Å². The van der Waals surface area contributed by atoms with Crippen molar-refractivity contribution in [2.24, 2.45) is 0 Å². The van der Waals surface area contributed by atoms with Crippen LogP contribution in [0.25, 0.3) is 0 Å². The van der Waals surface area contributed by atoms with Crippen molar-refractivity contribution in [3.05, 3.63) is 11.7 Å². The lowest BCUT2D eigenvalue weighted by Crippen LogP contribution is -2.33. The minimum Gasteiger partial charge on any atom is -0.367 e. The number of nitrogens with one attached hydrogen (secondary N) is 1. The van der Waals surface area contributed by atoms with Gasteiger partial charge in [-0.05, 0) is 6.42 Å². The zero-order valence-corrected chi connectivity index (χ0v) is 9.86. The topological polar surface area (TPSA) is 60.2 Å². The number of hydrogen-bond donors (Lipinski definition) is 1. The minimum atomic E-state index is -2.60. The summed E-state index contributed by atoms with van der Waals surface area (Å²) in [6.45, 7) is 2.02. The molecule has 100 valence electrons. The van der Waals surface area contributed by atoms with Crippen LogP contribution >= 0.6 is 0 Å². The molecule has 7 heteroatoms. The van der Waals surface area contributed by atoms with E-state index in [9.17, 15) is 8.78 Å². The fourth-order valence-electron chi connectivity index (χ4n) is 2.44. The predicted molar refractivity (Wildman–Crippen MR) is 57.4 cm³/mol. The summed E-state index contributed by atoms with van der Waals surface area (Å²) in [6.07, 6.45) is -0.133. The molecule has 18 heavy (non-hydrogen) atoms. The van der Waals surface area contributed by atoms with Gasteiger partial charge in [-0.1, -0.05) is 5.16 Å². The van der Waals surface area contributed by atoms with Crippen LogP contribution in [0.5, 0.6) is 0 Å². The van der Waals surface area contributed by atoms with E-state index in [1.54, 1.807) is 0 Å². The van der Waals surface area contributed by atoms with Crippen molar-refractivity contribution in [2.75, 3.05) is 19.7 Å². The largest absolute Gasteiger partial charge is 0.367 e. The van der Waals surface area contributed by atoms with Crippen LogP contribution in [-0.4, -0.2) is 35.8 Å². The second-order valence-electron chi connectivity index (χ2n) is 4.85. The van der Waals surface area contributed by atoms with Crippen molar-refractivity contribution in [1.82, 2.24) is 15.5 Å². The van der Waals surface area contributed by atoms with Gasteiger partial charge in [0.1, 0.15) is 6.10 Å². The number of morpholine rings is 1. The molecule has 0 aromatic carbocycles. The summed E-state index contributed by atoms with van der Waals surface area (Å²) in [4.78, 5) is 4.21. The smallest absolute Gasteiger partial charge is 0.248 e. The Balaban J connectivity index is 1.69. The normalized spacial score (nSPS) is 31.7. The highest BCUT2D eigenvalue weighted by atomic mass is 19.3. The SMILES string of the molecule is FC1(F)CCC(c2nc(C3CNCCO3)no2)C1. The van der Waals surface area contributed by atoms with Crippen molar-refractivity contribution in [2.45, 2.75) is 37.2 Å². The average Bonchev–Trinajstić information content (AvgIpc) is 2.96. The lowest BCUT2D eigenvalue weighted by Gasteiger charge is -2.20. The van der Waals surface area contributed by atoms with Crippen LogP contribution in [0.3, 0.4) is 0 Å². The van der Waals surface area contributed by atoms with Crippen LogP contribution < -0.4 is 5.32 Å². The van der Waals surface area contributed by atoms with Crippen LogP contribution in [0.15, 0.2) is 4.52 Å².